The van der Waals surface area contributed by atoms with Crippen LogP contribution in [0.15, 0.2) is 12.4 Å². The first-order chi connectivity index (χ1) is 9.16. The van der Waals surface area contributed by atoms with E-state index in [1.54, 1.807) is 0 Å². The lowest BCUT2D eigenvalue weighted by molar-refractivity contribution is 0.0689. The minimum Gasteiger partial charge on any atom is -0.476 e. The molecule has 1 aromatic rings. The molecule has 0 radical (unpaired) electrons. The van der Waals surface area contributed by atoms with Gasteiger partial charge < -0.3 is 10.4 Å². The van der Waals surface area contributed by atoms with E-state index in [4.69, 9.17) is 5.11 Å². The summed E-state index contributed by atoms with van der Waals surface area (Å²) in [6.07, 6.45) is 8.36. The maximum absolute atomic E-state index is 11.7. The van der Waals surface area contributed by atoms with Crippen LogP contribution in [0.5, 0.6) is 0 Å². The van der Waals surface area contributed by atoms with Crippen LogP contribution in [-0.2, 0) is 0 Å². The van der Waals surface area contributed by atoms with Crippen LogP contribution < -0.4 is 5.32 Å². The highest BCUT2D eigenvalue weighted by molar-refractivity contribution is 5.92. The Hall–Kier alpha value is -1.98. The standard InChI is InChI=1S/C13H17N3O3/c17-12(14-6-5-9-3-1-2-4-9)10-7-16-11(8-15-10)13(18)19/h7-9H,1-6H2,(H,14,17)(H,18,19). The molecule has 0 aliphatic heterocycles. The fourth-order valence-corrected chi connectivity index (χ4v) is 2.34. The Morgan fingerprint density at radius 2 is 1.84 bits per heavy atom. The van der Waals surface area contributed by atoms with Crippen LogP contribution in [0, 0.1) is 5.92 Å². The third-order valence-electron chi connectivity index (χ3n) is 3.42. The second-order valence-electron chi connectivity index (χ2n) is 4.79. The zero-order chi connectivity index (χ0) is 13.7. The van der Waals surface area contributed by atoms with Crippen molar-refractivity contribution in [1.29, 1.82) is 0 Å². The predicted molar refractivity (Wildman–Crippen MR) is 67.9 cm³/mol. The van der Waals surface area contributed by atoms with E-state index in [0.717, 1.165) is 18.5 Å². The van der Waals surface area contributed by atoms with Crippen LogP contribution in [0.4, 0.5) is 0 Å². The highest BCUT2D eigenvalue weighted by Gasteiger charge is 2.15. The number of rotatable bonds is 5. The summed E-state index contributed by atoms with van der Waals surface area (Å²) >= 11 is 0. The number of amides is 1. The van der Waals surface area contributed by atoms with Crippen molar-refractivity contribution in [2.75, 3.05) is 6.54 Å². The molecule has 1 heterocycles. The van der Waals surface area contributed by atoms with Gasteiger partial charge in [0.25, 0.3) is 5.91 Å². The van der Waals surface area contributed by atoms with Gasteiger partial charge in [0.05, 0.1) is 12.4 Å². The third-order valence-corrected chi connectivity index (χ3v) is 3.42. The molecular formula is C13H17N3O3. The maximum Gasteiger partial charge on any atom is 0.356 e. The van der Waals surface area contributed by atoms with Gasteiger partial charge in [-0.25, -0.2) is 14.8 Å². The van der Waals surface area contributed by atoms with Crippen LogP contribution in [0.1, 0.15) is 53.1 Å². The minimum absolute atomic E-state index is 0.149. The van der Waals surface area contributed by atoms with E-state index in [9.17, 15) is 9.59 Å². The van der Waals surface area contributed by atoms with Crippen molar-refractivity contribution in [2.24, 2.45) is 5.92 Å². The number of hydrogen-bond acceptors (Lipinski definition) is 4. The molecule has 102 valence electrons. The first kappa shape index (κ1) is 13.5. The van der Waals surface area contributed by atoms with Gasteiger partial charge in [0.1, 0.15) is 5.69 Å². The van der Waals surface area contributed by atoms with Gasteiger partial charge in [-0.05, 0) is 12.3 Å². The molecule has 1 saturated carbocycles. The zero-order valence-corrected chi connectivity index (χ0v) is 10.6. The second-order valence-corrected chi connectivity index (χ2v) is 4.79. The zero-order valence-electron chi connectivity index (χ0n) is 10.6. The number of aromatic nitrogens is 2. The van der Waals surface area contributed by atoms with E-state index < -0.39 is 5.97 Å². The average molecular weight is 263 g/mol. The van der Waals surface area contributed by atoms with E-state index in [0.29, 0.717) is 6.54 Å². The van der Waals surface area contributed by atoms with Crippen molar-refractivity contribution in [3.63, 3.8) is 0 Å². The average Bonchev–Trinajstić information content (AvgIpc) is 2.92. The molecule has 1 fully saturated rings. The molecule has 2 rings (SSSR count). The first-order valence-corrected chi connectivity index (χ1v) is 6.50. The van der Waals surface area contributed by atoms with E-state index in [2.05, 4.69) is 15.3 Å². The molecule has 0 saturated heterocycles. The van der Waals surface area contributed by atoms with Gasteiger partial charge in [-0.1, -0.05) is 25.7 Å². The maximum atomic E-state index is 11.7. The largest absolute Gasteiger partial charge is 0.476 e. The Labute approximate surface area is 111 Å². The summed E-state index contributed by atoms with van der Waals surface area (Å²) in [5, 5.41) is 11.5. The van der Waals surface area contributed by atoms with Crippen molar-refractivity contribution >= 4 is 11.9 Å². The summed E-state index contributed by atoms with van der Waals surface area (Å²) in [5.41, 5.74) is -0.0149. The molecule has 1 aliphatic carbocycles. The summed E-state index contributed by atoms with van der Waals surface area (Å²) < 4.78 is 0. The molecule has 0 atom stereocenters. The first-order valence-electron chi connectivity index (χ1n) is 6.50. The molecule has 2 N–H and O–H groups in total. The highest BCUT2D eigenvalue weighted by atomic mass is 16.4. The van der Waals surface area contributed by atoms with Crippen LogP contribution in [0.25, 0.3) is 0 Å². The molecule has 0 unspecified atom stereocenters. The van der Waals surface area contributed by atoms with Gasteiger partial charge in [0, 0.05) is 6.54 Å². The predicted octanol–water partition coefficient (Wildman–Crippen LogP) is 1.48. The van der Waals surface area contributed by atoms with Gasteiger partial charge >= 0.3 is 5.97 Å². The van der Waals surface area contributed by atoms with Gasteiger partial charge in [-0.3, -0.25) is 4.79 Å². The van der Waals surface area contributed by atoms with Crippen LogP contribution in [-0.4, -0.2) is 33.5 Å². The number of carbonyl (C=O) groups is 2. The van der Waals surface area contributed by atoms with Crippen molar-refractivity contribution < 1.29 is 14.7 Å². The summed E-state index contributed by atoms with van der Waals surface area (Å²) in [6.45, 7) is 0.631. The second kappa shape index (κ2) is 6.26. The van der Waals surface area contributed by atoms with E-state index in [1.807, 2.05) is 0 Å². The van der Waals surface area contributed by atoms with Crippen LogP contribution >= 0.6 is 0 Å². The van der Waals surface area contributed by atoms with Crippen molar-refractivity contribution in [2.45, 2.75) is 32.1 Å². The number of hydrogen-bond donors (Lipinski definition) is 2. The SMILES string of the molecule is O=C(O)c1cnc(C(=O)NCCC2CCCC2)cn1. The Kier molecular flexibility index (Phi) is 4.43. The number of carboxylic acid groups (broad SMARTS) is 1. The normalized spacial score (nSPS) is 15.4. The quantitative estimate of drug-likeness (QED) is 0.839. The van der Waals surface area contributed by atoms with E-state index in [-0.39, 0.29) is 17.3 Å². The summed E-state index contributed by atoms with van der Waals surface area (Å²) in [6, 6.07) is 0. The number of carbonyl (C=O) groups excluding carboxylic acids is 1. The lowest BCUT2D eigenvalue weighted by Crippen LogP contribution is -2.26. The smallest absolute Gasteiger partial charge is 0.356 e. The van der Waals surface area contributed by atoms with Crippen molar-refractivity contribution in [1.82, 2.24) is 15.3 Å². The molecule has 0 aromatic carbocycles. The molecule has 0 spiro atoms. The molecule has 1 aliphatic rings. The molecule has 0 bridgehead atoms. The molecule has 1 amide bonds. The van der Waals surface area contributed by atoms with Crippen LogP contribution in [0.2, 0.25) is 0 Å². The van der Waals surface area contributed by atoms with Gasteiger partial charge in [-0.2, -0.15) is 0 Å². The summed E-state index contributed by atoms with van der Waals surface area (Å²) in [4.78, 5) is 29.8. The van der Waals surface area contributed by atoms with Crippen molar-refractivity contribution in [3.05, 3.63) is 23.8 Å². The molecule has 1 aromatic heterocycles. The molecule has 19 heavy (non-hydrogen) atoms. The van der Waals surface area contributed by atoms with E-state index in [1.165, 1.54) is 31.9 Å². The van der Waals surface area contributed by atoms with Gasteiger partial charge in [0.15, 0.2) is 5.69 Å². The number of nitrogens with one attached hydrogen (secondary N) is 1. The lowest BCUT2D eigenvalue weighted by atomic mass is 10.0. The fraction of sp³-hybridized carbons (Fsp3) is 0.538. The van der Waals surface area contributed by atoms with Gasteiger partial charge in [-0.15, -0.1) is 0 Å². The van der Waals surface area contributed by atoms with Gasteiger partial charge in [0.2, 0.25) is 0 Å². The molecule has 6 nitrogen and oxygen atoms in total. The lowest BCUT2D eigenvalue weighted by Gasteiger charge is -2.09. The highest BCUT2D eigenvalue weighted by Crippen LogP contribution is 2.26. The molecular weight excluding hydrogens is 246 g/mol. The Morgan fingerprint density at radius 1 is 1.21 bits per heavy atom. The van der Waals surface area contributed by atoms with E-state index >= 15 is 0 Å². The van der Waals surface area contributed by atoms with Crippen molar-refractivity contribution in [3.8, 4) is 0 Å². The minimum atomic E-state index is -1.15. The van der Waals surface area contributed by atoms with Crippen LogP contribution in [0.3, 0.4) is 0 Å². The third kappa shape index (κ3) is 3.74. The summed E-state index contributed by atoms with van der Waals surface area (Å²) in [5.74, 6) is -0.733. The number of nitrogens with zero attached hydrogens (tertiary/aromatic N) is 2. The Bertz CT molecular complexity index is 453. The Balaban J connectivity index is 1.80. The number of aromatic carboxylic acids is 1. The molecule has 6 heteroatoms. The Morgan fingerprint density at radius 3 is 2.42 bits per heavy atom. The summed E-state index contributed by atoms with van der Waals surface area (Å²) in [7, 11) is 0. The fourth-order valence-electron chi connectivity index (χ4n) is 2.34. The number of carboxylic acids is 1. The topological polar surface area (TPSA) is 92.2 Å². The monoisotopic (exact) mass is 263 g/mol.